The van der Waals surface area contributed by atoms with E-state index >= 15 is 0 Å². The first-order valence-corrected chi connectivity index (χ1v) is 8.21. The van der Waals surface area contributed by atoms with Crippen molar-refractivity contribution < 1.29 is 4.79 Å². The second kappa shape index (κ2) is 5.80. The molecule has 2 N–H and O–H groups in total. The van der Waals surface area contributed by atoms with Gasteiger partial charge in [-0.25, -0.2) is 0 Å². The number of amides is 1. The van der Waals surface area contributed by atoms with Crippen molar-refractivity contribution in [3.8, 4) is 0 Å². The van der Waals surface area contributed by atoms with E-state index in [9.17, 15) is 4.79 Å². The summed E-state index contributed by atoms with van der Waals surface area (Å²) in [5, 5.41) is 6.62. The first-order chi connectivity index (χ1) is 10.1. The van der Waals surface area contributed by atoms with Gasteiger partial charge in [-0.15, -0.1) is 0 Å². The molecule has 0 saturated carbocycles. The Morgan fingerprint density at radius 2 is 2.05 bits per heavy atom. The average Bonchev–Trinajstić information content (AvgIpc) is 2.51. The molecule has 0 bridgehead atoms. The van der Waals surface area contributed by atoms with Gasteiger partial charge in [-0.2, -0.15) is 0 Å². The van der Waals surface area contributed by atoms with Crippen LogP contribution >= 0.6 is 0 Å². The quantitative estimate of drug-likeness (QED) is 0.877. The minimum absolute atomic E-state index is 0.000786. The van der Waals surface area contributed by atoms with Gasteiger partial charge in [0.1, 0.15) is 0 Å². The van der Waals surface area contributed by atoms with Gasteiger partial charge in [0.2, 0.25) is 5.91 Å². The summed E-state index contributed by atoms with van der Waals surface area (Å²) in [6.07, 6.45) is 5.45. The molecule has 0 aromatic heterocycles. The maximum Gasteiger partial charge on any atom is 0.237 e. The predicted octanol–water partition coefficient (Wildman–Crippen LogP) is 3.06. The Hall–Kier alpha value is -1.35. The summed E-state index contributed by atoms with van der Waals surface area (Å²) in [4.78, 5) is 12.5. The molecule has 1 aromatic carbocycles. The van der Waals surface area contributed by atoms with Crippen LogP contribution in [0.5, 0.6) is 0 Å². The molecule has 0 spiro atoms. The smallest absolute Gasteiger partial charge is 0.237 e. The molecule has 21 heavy (non-hydrogen) atoms. The van der Waals surface area contributed by atoms with Crippen molar-refractivity contribution >= 4 is 5.91 Å². The molecule has 1 saturated heterocycles. The van der Waals surface area contributed by atoms with Crippen LogP contribution < -0.4 is 10.6 Å². The van der Waals surface area contributed by atoms with Gasteiger partial charge in [0.25, 0.3) is 0 Å². The highest BCUT2D eigenvalue weighted by Gasteiger charge is 2.33. The van der Waals surface area contributed by atoms with Crippen LogP contribution in [0.25, 0.3) is 0 Å². The van der Waals surface area contributed by atoms with Gasteiger partial charge in [0, 0.05) is 0 Å². The van der Waals surface area contributed by atoms with Gasteiger partial charge in [-0.1, -0.05) is 44.5 Å². The van der Waals surface area contributed by atoms with Crippen LogP contribution in [-0.2, 0) is 10.2 Å². The third kappa shape index (κ3) is 2.98. The summed E-state index contributed by atoms with van der Waals surface area (Å²) in [6.45, 7) is 5.56. The molecular formula is C18H26N2O. The van der Waals surface area contributed by atoms with E-state index < -0.39 is 0 Å². The molecule has 1 aromatic rings. The van der Waals surface area contributed by atoms with Crippen LogP contribution in [0.1, 0.15) is 63.1 Å². The van der Waals surface area contributed by atoms with Crippen molar-refractivity contribution in [2.24, 2.45) is 0 Å². The molecular weight excluding hydrogens is 260 g/mol. The van der Waals surface area contributed by atoms with Crippen molar-refractivity contribution in [1.29, 1.82) is 0 Å². The second-order valence-electron chi connectivity index (χ2n) is 7.07. The first kappa shape index (κ1) is 14.6. The summed E-state index contributed by atoms with van der Waals surface area (Å²) in [6, 6.07) is 8.75. The fraction of sp³-hybridized carbons (Fsp3) is 0.611. The van der Waals surface area contributed by atoms with Crippen molar-refractivity contribution in [3.63, 3.8) is 0 Å². The standard InChI is InChI=1S/C18H26N2O/c1-18(2)11-10-15(13-7-3-4-8-14(13)18)20-17(21)16-9-5-6-12-19-16/h3-4,7-8,15-16,19H,5-6,9-12H2,1-2H3,(H,20,21). The Bertz CT molecular complexity index is 518. The maximum absolute atomic E-state index is 12.5. The Kier molecular flexibility index (Phi) is 4.03. The number of hydrogen-bond acceptors (Lipinski definition) is 2. The number of rotatable bonds is 2. The largest absolute Gasteiger partial charge is 0.348 e. The summed E-state index contributed by atoms with van der Waals surface area (Å²) in [5.41, 5.74) is 2.90. The third-order valence-corrected chi connectivity index (χ3v) is 5.07. The van der Waals surface area contributed by atoms with Crippen LogP contribution in [0, 0.1) is 0 Å². The van der Waals surface area contributed by atoms with E-state index in [-0.39, 0.29) is 23.4 Å². The Morgan fingerprint density at radius 3 is 2.81 bits per heavy atom. The molecule has 114 valence electrons. The Morgan fingerprint density at radius 1 is 1.24 bits per heavy atom. The van der Waals surface area contributed by atoms with Gasteiger partial charge in [-0.3, -0.25) is 4.79 Å². The second-order valence-corrected chi connectivity index (χ2v) is 7.07. The van der Waals surface area contributed by atoms with Crippen LogP contribution in [0.2, 0.25) is 0 Å². The van der Waals surface area contributed by atoms with Gasteiger partial charge in [-0.05, 0) is 48.8 Å². The molecule has 1 amide bonds. The summed E-state index contributed by atoms with van der Waals surface area (Å²) < 4.78 is 0. The van der Waals surface area contributed by atoms with Gasteiger partial charge in [0.05, 0.1) is 12.1 Å². The molecule has 2 aliphatic rings. The summed E-state index contributed by atoms with van der Waals surface area (Å²) in [7, 11) is 0. The number of benzene rings is 1. The zero-order valence-electron chi connectivity index (χ0n) is 13.1. The van der Waals surface area contributed by atoms with E-state index in [1.54, 1.807) is 0 Å². The van der Waals surface area contributed by atoms with Crippen molar-refractivity contribution in [2.45, 2.75) is 63.5 Å². The Balaban J connectivity index is 1.76. The molecule has 2 unspecified atom stereocenters. The molecule has 1 aliphatic heterocycles. The fourth-order valence-corrected chi connectivity index (χ4v) is 3.71. The normalized spacial score (nSPS) is 27.7. The van der Waals surface area contributed by atoms with Crippen molar-refractivity contribution in [2.75, 3.05) is 6.54 Å². The molecule has 1 fully saturated rings. The zero-order valence-corrected chi connectivity index (χ0v) is 13.1. The lowest BCUT2D eigenvalue weighted by Gasteiger charge is -2.38. The minimum atomic E-state index is 0.000786. The van der Waals surface area contributed by atoms with Gasteiger partial charge >= 0.3 is 0 Å². The van der Waals surface area contributed by atoms with Crippen molar-refractivity contribution in [3.05, 3.63) is 35.4 Å². The monoisotopic (exact) mass is 286 g/mol. The van der Waals surface area contributed by atoms with Crippen LogP contribution in [0.15, 0.2) is 24.3 Å². The molecule has 2 atom stereocenters. The van der Waals surface area contributed by atoms with Crippen LogP contribution in [0.3, 0.4) is 0 Å². The van der Waals surface area contributed by atoms with E-state index in [4.69, 9.17) is 0 Å². The van der Waals surface area contributed by atoms with Crippen LogP contribution in [-0.4, -0.2) is 18.5 Å². The van der Waals surface area contributed by atoms with Gasteiger partial charge < -0.3 is 10.6 Å². The molecule has 3 heteroatoms. The summed E-state index contributed by atoms with van der Waals surface area (Å²) >= 11 is 0. The average molecular weight is 286 g/mol. The van der Waals surface area contributed by atoms with Gasteiger partial charge in [0.15, 0.2) is 0 Å². The molecule has 3 nitrogen and oxygen atoms in total. The highest BCUT2D eigenvalue weighted by atomic mass is 16.2. The number of nitrogens with one attached hydrogen (secondary N) is 2. The number of carbonyl (C=O) groups is 1. The third-order valence-electron chi connectivity index (χ3n) is 5.07. The van der Waals surface area contributed by atoms with Crippen molar-refractivity contribution in [1.82, 2.24) is 10.6 Å². The number of piperidine rings is 1. The minimum Gasteiger partial charge on any atom is -0.348 e. The summed E-state index contributed by atoms with van der Waals surface area (Å²) in [5.74, 6) is 0.175. The molecule has 1 aliphatic carbocycles. The lowest BCUT2D eigenvalue weighted by atomic mass is 9.71. The van der Waals surface area contributed by atoms with E-state index in [0.29, 0.717) is 0 Å². The van der Waals surface area contributed by atoms with E-state index in [1.165, 1.54) is 17.5 Å². The number of carbonyl (C=O) groups excluding carboxylic acids is 1. The highest BCUT2D eigenvalue weighted by Crippen LogP contribution is 2.41. The Labute approximate surface area is 127 Å². The molecule has 1 heterocycles. The number of fused-ring (bicyclic) bond motifs is 1. The fourth-order valence-electron chi connectivity index (χ4n) is 3.71. The van der Waals surface area contributed by atoms with Crippen LogP contribution in [0.4, 0.5) is 0 Å². The molecule has 3 rings (SSSR count). The zero-order chi connectivity index (χ0) is 14.9. The SMILES string of the molecule is CC1(C)CCC(NC(=O)C2CCCCN2)c2ccccc21. The lowest BCUT2D eigenvalue weighted by Crippen LogP contribution is -2.48. The van der Waals surface area contributed by atoms with E-state index in [1.807, 2.05) is 0 Å². The highest BCUT2D eigenvalue weighted by molar-refractivity contribution is 5.82. The predicted molar refractivity (Wildman–Crippen MR) is 85.2 cm³/mol. The van der Waals surface area contributed by atoms with E-state index in [2.05, 4.69) is 48.7 Å². The lowest BCUT2D eigenvalue weighted by molar-refractivity contribution is -0.124. The maximum atomic E-state index is 12.5. The first-order valence-electron chi connectivity index (χ1n) is 8.21. The van der Waals surface area contributed by atoms with E-state index in [0.717, 1.165) is 32.2 Å². The molecule has 0 radical (unpaired) electrons. The topological polar surface area (TPSA) is 41.1 Å². The number of hydrogen-bond donors (Lipinski definition) is 2.